The highest BCUT2D eigenvalue weighted by molar-refractivity contribution is 5.96. The molecule has 2 aromatic rings. The van der Waals surface area contributed by atoms with E-state index in [4.69, 9.17) is 10.00 Å². The minimum absolute atomic E-state index is 0.0153. The van der Waals surface area contributed by atoms with Crippen molar-refractivity contribution >= 4 is 23.4 Å². The molecule has 0 aliphatic carbocycles. The maximum atomic E-state index is 13.0. The van der Waals surface area contributed by atoms with Crippen LogP contribution >= 0.6 is 0 Å². The molecule has 0 aliphatic rings. The van der Waals surface area contributed by atoms with Crippen molar-refractivity contribution in [2.75, 3.05) is 18.1 Å². The Bertz CT molecular complexity index is 856. The monoisotopic (exact) mass is 361 g/mol. The Morgan fingerprint density at radius 2 is 1.96 bits per heavy atom. The number of nitrogens with zero attached hydrogens (tertiary/aromatic N) is 3. The number of anilines is 1. The molecular formula is C16H12FN3O6. The lowest BCUT2D eigenvalue weighted by Gasteiger charge is -2.21. The maximum Gasteiger partial charge on any atom is 0.433 e. The second-order valence-electron chi connectivity index (χ2n) is 4.90. The van der Waals surface area contributed by atoms with Crippen LogP contribution in [-0.4, -0.2) is 30.0 Å². The first-order chi connectivity index (χ1) is 12.4. The predicted molar refractivity (Wildman–Crippen MR) is 84.6 cm³/mol. The van der Waals surface area contributed by atoms with Gasteiger partial charge in [-0.2, -0.15) is 5.26 Å². The molecule has 0 spiro atoms. The third-order valence-electron chi connectivity index (χ3n) is 3.19. The van der Waals surface area contributed by atoms with Gasteiger partial charge in [-0.15, -0.1) is 0 Å². The first-order valence-corrected chi connectivity index (χ1v) is 7.26. The number of carbonyl (C=O) groups excluding carboxylic acids is 2. The van der Waals surface area contributed by atoms with Crippen molar-refractivity contribution in [1.82, 2.24) is 0 Å². The van der Waals surface area contributed by atoms with Crippen LogP contribution in [0.2, 0.25) is 0 Å². The Labute approximate surface area is 146 Å². The number of amides is 1. The van der Waals surface area contributed by atoms with Crippen LogP contribution in [0.25, 0.3) is 0 Å². The summed E-state index contributed by atoms with van der Waals surface area (Å²) >= 11 is 0. The van der Waals surface area contributed by atoms with Gasteiger partial charge in [0.05, 0.1) is 18.6 Å². The molecule has 1 heterocycles. The number of benzene rings is 1. The van der Waals surface area contributed by atoms with Crippen LogP contribution in [0.4, 0.5) is 16.0 Å². The van der Waals surface area contributed by atoms with Crippen molar-refractivity contribution in [2.24, 2.45) is 0 Å². The molecule has 1 aromatic heterocycles. The summed E-state index contributed by atoms with van der Waals surface area (Å²) in [6.07, 6.45) is 0.0153. The molecule has 9 nitrogen and oxygen atoms in total. The van der Waals surface area contributed by atoms with Gasteiger partial charge in [0.25, 0.3) is 5.91 Å². The molecule has 26 heavy (non-hydrogen) atoms. The average molecular weight is 361 g/mol. The molecule has 1 amide bonds. The molecule has 0 unspecified atom stereocenters. The predicted octanol–water partition coefficient (Wildman–Crippen LogP) is 2.43. The van der Waals surface area contributed by atoms with Crippen LogP contribution in [-0.2, 0) is 9.53 Å². The van der Waals surface area contributed by atoms with Crippen molar-refractivity contribution in [1.29, 1.82) is 5.26 Å². The van der Waals surface area contributed by atoms with Gasteiger partial charge >= 0.3 is 11.9 Å². The highest BCUT2D eigenvalue weighted by atomic mass is 19.1. The van der Waals surface area contributed by atoms with Crippen LogP contribution < -0.4 is 4.90 Å². The molecule has 0 aliphatic heterocycles. The van der Waals surface area contributed by atoms with E-state index < -0.39 is 40.9 Å². The van der Waals surface area contributed by atoms with Gasteiger partial charge < -0.3 is 14.1 Å². The van der Waals surface area contributed by atoms with Crippen LogP contribution in [0.3, 0.4) is 0 Å². The maximum absolute atomic E-state index is 13.0. The second-order valence-corrected chi connectivity index (χ2v) is 4.90. The number of halogens is 1. The zero-order valence-electron chi connectivity index (χ0n) is 13.3. The van der Waals surface area contributed by atoms with Gasteiger partial charge in [-0.3, -0.25) is 14.9 Å². The van der Waals surface area contributed by atoms with Gasteiger partial charge in [0.2, 0.25) is 5.76 Å². The van der Waals surface area contributed by atoms with Crippen molar-refractivity contribution in [3.05, 3.63) is 58.1 Å². The summed E-state index contributed by atoms with van der Waals surface area (Å²) in [6.45, 7) is -0.666. The summed E-state index contributed by atoms with van der Waals surface area (Å²) in [5.74, 6) is -3.25. The molecular weight excluding hydrogens is 349 g/mol. The first-order valence-electron chi connectivity index (χ1n) is 7.26. The van der Waals surface area contributed by atoms with E-state index in [1.165, 1.54) is 17.0 Å². The van der Waals surface area contributed by atoms with Gasteiger partial charge in [-0.1, -0.05) is 0 Å². The molecule has 0 N–H and O–H groups in total. The largest absolute Gasteiger partial charge is 0.450 e. The number of hydrogen-bond donors (Lipinski definition) is 0. The summed E-state index contributed by atoms with van der Waals surface area (Å²) in [5.41, 5.74) is 0.330. The molecule has 1 aromatic carbocycles. The highest BCUT2D eigenvalue weighted by Crippen LogP contribution is 2.18. The molecule has 0 radical (unpaired) electrons. The molecule has 2 rings (SSSR count). The third kappa shape index (κ3) is 4.64. The summed E-state index contributed by atoms with van der Waals surface area (Å²) in [6, 6.07) is 8.92. The van der Waals surface area contributed by atoms with E-state index >= 15 is 0 Å². The lowest BCUT2D eigenvalue weighted by molar-refractivity contribution is -0.402. The fourth-order valence-corrected chi connectivity index (χ4v) is 1.99. The van der Waals surface area contributed by atoms with Crippen LogP contribution in [0.5, 0.6) is 0 Å². The Morgan fingerprint density at radius 1 is 1.27 bits per heavy atom. The highest BCUT2D eigenvalue weighted by Gasteiger charge is 2.21. The van der Waals surface area contributed by atoms with E-state index in [1.807, 2.05) is 6.07 Å². The lowest BCUT2D eigenvalue weighted by Crippen LogP contribution is -2.35. The Hall–Kier alpha value is -3.74. The zero-order valence-corrected chi connectivity index (χ0v) is 13.3. The zero-order chi connectivity index (χ0) is 19.1. The van der Waals surface area contributed by atoms with Crippen molar-refractivity contribution in [3.8, 4) is 6.07 Å². The Morgan fingerprint density at radius 3 is 2.54 bits per heavy atom. The fraction of sp³-hybridized carbons (Fsp3) is 0.188. The van der Waals surface area contributed by atoms with Crippen molar-refractivity contribution < 1.29 is 28.1 Å². The van der Waals surface area contributed by atoms with E-state index in [-0.39, 0.29) is 13.0 Å². The second kappa shape index (κ2) is 8.39. The number of furan rings is 1. The third-order valence-corrected chi connectivity index (χ3v) is 3.19. The Kier molecular flexibility index (Phi) is 6.00. The molecule has 10 heteroatoms. The topological polar surface area (TPSA) is 127 Å². The summed E-state index contributed by atoms with van der Waals surface area (Å²) in [7, 11) is 0. The Balaban J connectivity index is 2.03. The molecule has 134 valence electrons. The number of nitriles is 1. The quantitative estimate of drug-likeness (QED) is 0.421. The summed E-state index contributed by atoms with van der Waals surface area (Å²) < 4.78 is 22.5. The number of carbonyl (C=O) groups is 2. The van der Waals surface area contributed by atoms with E-state index in [0.717, 1.165) is 24.3 Å². The average Bonchev–Trinajstić information content (AvgIpc) is 3.12. The number of rotatable bonds is 7. The van der Waals surface area contributed by atoms with Crippen molar-refractivity contribution in [2.45, 2.75) is 6.42 Å². The fourth-order valence-electron chi connectivity index (χ4n) is 1.99. The number of esters is 1. The summed E-state index contributed by atoms with van der Waals surface area (Å²) in [5, 5.41) is 19.2. The number of hydrogen-bond acceptors (Lipinski definition) is 7. The smallest absolute Gasteiger partial charge is 0.433 e. The van der Waals surface area contributed by atoms with Gasteiger partial charge in [0.15, 0.2) is 6.61 Å². The first kappa shape index (κ1) is 18.6. The molecule has 0 atom stereocenters. The van der Waals surface area contributed by atoms with E-state index in [9.17, 15) is 24.1 Å². The van der Waals surface area contributed by atoms with Gasteiger partial charge in [-0.25, -0.2) is 9.18 Å². The van der Waals surface area contributed by atoms with E-state index in [2.05, 4.69) is 4.42 Å². The molecule has 0 fully saturated rings. The van der Waals surface area contributed by atoms with Gasteiger partial charge in [0.1, 0.15) is 10.7 Å². The van der Waals surface area contributed by atoms with E-state index in [1.54, 1.807) is 0 Å². The van der Waals surface area contributed by atoms with Gasteiger partial charge in [0, 0.05) is 12.2 Å². The molecule has 0 saturated heterocycles. The number of nitro groups is 1. The van der Waals surface area contributed by atoms with Crippen LogP contribution in [0, 0.1) is 27.3 Å². The molecule has 0 saturated carbocycles. The number of ether oxygens (including phenoxy) is 1. The standard InChI is InChI=1S/C16H12FN3O6/c17-11-2-4-12(5-3-11)19(9-1-8-18)14(21)10-25-16(22)13-6-7-15(26-13)20(23)24/h2-7H,1,9-10H2. The summed E-state index contributed by atoms with van der Waals surface area (Å²) in [4.78, 5) is 34.9. The lowest BCUT2D eigenvalue weighted by atomic mass is 10.2. The van der Waals surface area contributed by atoms with Crippen LogP contribution in [0.1, 0.15) is 17.0 Å². The minimum atomic E-state index is -1.05. The normalized spacial score (nSPS) is 10.0. The SMILES string of the molecule is N#CCCN(C(=O)COC(=O)c1ccc([N+](=O)[O-])o1)c1ccc(F)cc1. The van der Waals surface area contributed by atoms with E-state index in [0.29, 0.717) is 5.69 Å². The molecule has 0 bridgehead atoms. The minimum Gasteiger partial charge on any atom is -0.450 e. The van der Waals surface area contributed by atoms with Gasteiger partial charge in [-0.05, 0) is 30.3 Å². The van der Waals surface area contributed by atoms with Crippen LogP contribution in [0.15, 0.2) is 40.8 Å². The van der Waals surface area contributed by atoms with Crippen molar-refractivity contribution in [3.63, 3.8) is 0 Å².